The van der Waals surface area contributed by atoms with Crippen LogP contribution in [-0.4, -0.2) is 24.2 Å². The molecule has 4 nitrogen and oxygen atoms in total. The Hall–Kier alpha value is -1.88. The molecule has 2 aromatic rings. The van der Waals surface area contributed by atoms with Gasteiger partial charge in [-0.3, -0.25) is 4.90 Å². The highest BCUT2D eigenvalue weighted by molar-refractivity contribution is 5.30. The van der Waals surface area contributed by atoms with E-state index in [2.05, 4.69) is 10.1 Å². The number of hydrogen-bond donors (Lipinski definition) is 0. The van der Waals surface area contributed by atoms with Gasteiger partial charge in [0.1, 0.15) is 5.76 Å². The summed E-state index contributed by atoms with van der Waals surface area (Å²) in [5, 5.41) is 4.11. The number of aromatic nitrogens is 1. The standard InChI is InChI=1S/C16H19FN2O2/c1-19(9-11-3-6-14(17)16(7-11)20-2)10-13-8-15(21-18-13)12-4-5-12/h3,6-8,12H,4-5,9-10H2,1-2H3. The molecule has 0 aliphatic heterocycles. The second-order valence-corrected chi connectivity index (χ2v) is 5.64. The molecule has 0 radical (unpaired) electrons. The Bertz CT molecular complexity index is 622. The summed E-state index contributed by atoms with van der Waals surface area (Å²) in [6.45, 7) is 1.40. The zero-order chi connectivity index (χ0) is 14.8. The van der Waals surface area contributed by atoms with Crippen LogP contribution in [-0.2, 0) is 13.1 Å². The Labute approximate surface area is 123 Å². The van der Waals surface area contributed by atoms with Gasteiger partial charge in [-0.25, -0.2) is 4.39 Å². The molecule has 0 amide bonds. The molecule has 0 atom stereocenters. The van der Waals surface area contributed by atoms with Crippen LogP contribution in [0.25, 0.3) is 0 Å². The summed E-state index contributed by atoms with van der Waals surface area (Å²) in [5.41, 5.74) is 1.94. The van der Waals surface area contributed by atoms with Gasteiger partial charge in [0.2, 0.25) is 0 Å². The van der Waals surface area contributed by atoms with Gasteiger partial charge < -0.3 is 9.26 Å². The summed E-state index contributed by atoms with van der Waals surface area (Å²) >= 11 is 0. The molecule has 0 spiro atoms. The van der Waals surface area contributed by atoms with Crippen LogP contribution in [0.4, 0.5) is 4.39 Å². The molecular formula is C16H19FN2O2. The number of halogens is 1. The Morgan fingerprint density at radius 3 is 2.86 bits per heavy atom. The molecule has 3 rings (SSSR count). The predicted octanol–water partition coefficient (Wildman–Crippen LogP) is 3.33. The molecule has 1 heterocycles. The van der Waals surface area contributed by atoms with E-state index in [9.17, 15) is 4.39 Å². The summed E-state index contributed by atoms with van der Waals surface area (Å²) in [5.74, 6) is 1.52. The van der Waals surface area contributed by atoms with Gasteiger partial charge >= 0.3 is 0 Å². The summed E-state index contributed by atoms with van der Waals surface area (Å²) in [7, 11) is 3.47. The lowest BCUT2D eigenvalue weighted by molar-refractivity contribution is 0.300. The Morgan fingerprint density at radius 1 is 1.33 bits per heavy atom. The fraction of sp³-hybridized carbons (Fsp3) is 0.438. The SMILES string of the molecule is COc1cc(CN(C)Cc2cc(C3CC3)on2)ccc1F. The van der Waals surface area contributed by atoms with Crippen molar-refractivity contribution >= 4 is 0 Å². The monoisotopic (exact) mass is 290 g/mol. The minimum atomic E-state index is -0.338. The molecule has 1 aromatic heterocycles. The Balaban J connectivity index is 1.61. The van der Waals surface area contributed by atoms with Gasteiger partial charge in [0, 0.05) is 25.1 Å². The van der Waals surface area contributed by atoms with E-state index in [1.807, 2.05) is 13.1 Å². The normalized spacial score (nSPS) is 14.7. The minimum Gasteiger partial charge on any atom is -0.494 e. The highest BCUT2D eigenvalue weighted by Gasteiger charge is 2.27. The number of benzene rings is 1. The average Bonchev–Trinajstić information content (AvgIpc) is 3.22. The highest BCUT2D eigenvalue weighted by Crippen LogP contribution is 2.40. The van der Waals surface area contributed by atoms with Crippen LogP contribution in [0.5, 0.6) is 5.75 Å². The van der Waals surface area contributed by atoms with Crippen molar-refractivity contribution in [1.82, 2.24) is 10.1 Å². The van der Waals surface area contributed by atoms with Crippen LogP contribution in [0.2, 0.25) is 0 Å². The lowest BCUT2D eigenvalue weighted by Crippen LogP contribution is -2.17. The molecule has 0 saturated heterocycles. The second kappa shape index (κ2) is 5.85. The van der Waals surface area contributed by atoms with E-state index in [0.29, 0.717) is 19.0 Å². The lowest BCUT2D eigenvalue weighted by Gasteiger charge is -2.15. The van der Waals surface area contributed by atoms with Crippen LogP contribution in [0.15, 0.2) is 28.8 Å². The van der Waals surface area contributed by atoms with Crippen LogP contribution in [0.3, 0.4) is 0 Å². The quantitative estimate of drug-likeness (QED) is 0.818. The number of methoxy groups -OCH3 is 1. The maximum absolute atomic E-state index is 13.4. The first-order chi connectivity index (χ1) is 10.2. The molecule has 5 heteroatoms. The maximum atomic E-state index is 13.4. The fourth-order valence-corrected chi connectivity index (χ4v) is 2.41. The largest absolute Gasteiger partial charge is 0.494 e. The first kappa shape index (κ1) is 14.1. The molecule has 0 N–H and O–H groups in total. The van der Waals surface area contributed by atoms with Crippen molar-refractivity contribution in [2.24, 2.45) is 0 Å². The lowest BCUT2D eigenvalue weighted by atomic mass is 10.2. The molecule has 112 valence electrons. The molecule has 1 aliphatic carbocycles. The van der Waals surface area contributed by atoms with Crippen LogP contribution in [0.1, 0.15) is 35.8 Å². The van der Waals surface area contributed by atoms with E-state index in [-0.39, 0.29) is 11.6 Å². The number of rotatable bonds is 6. The first-order valence-corrected chi connectivity index (χ1v) is 7.12. The number of hydrogen-bond acceptors (Lipinski definition) is 4. The van der Waals surface area contributed by atoms with Crippen molar-refractivity contribution in [2.45, 2.75) is 31.8 Å². The van der Waals surface area contributed by atoms with Crippen molar-refractivity contribution in [1.29, 1.82) is 0 Å². The summed E-state index contributed by atoms with van der Waals surface area (Å²) < 4.78 is 23.7. The summed E-state index contributed by atoms with van der Waals surface area (Å²) in [6, 6.07) is 6.97. The minimum absolute atomic E-state index is 0.276. The highest BCUT2D eigenvalue weighted by atomic mass is 19.1. The van der Waals surface area contributed by atoms with E-state index >= 15 is 0 Å². The number of nitrogens with zero attached hydrogens (tertiary/aromatic N) is 2. The Morgan fingerprint density at radius 2 is 2.14 bits per heavy atom. The molecule has 0 bridgehead atoms. The number of ether oxygens (including phenoxy) is 1. The van der Waals surface area contributed by atoms with Gasteiger partial charge in [-0.2, -0.15) is 0 Å². The van der Waals surface area contributed by atoms with E-state index in [4.69, 9.17) is 9.26 Å². The van der Waals surface area contributed by atoms with E-state index in [1.165, 1.54) is 26.0 Å². The van der Waals surface area contributed by atoms with Crippen molar-refractivity contribution in [3.63, 3.8) is 0 Å². The van der Waals surface area contributed by atoms with Crippen molar-refractivity contribution < 1.29 is 13.7 Å². The predicted molar refractivity (Wildman–Crippen MR) is 76.6 cm³/mol. The van der Waals surface area contributed by atoms with Gasteiger partial charge in [-0.15, -0.1) is 0 Å². The third-order valence-electron chi connectivity index (χ3n) is 3.66. The average molecular weight is 290 g/mol. The molecule has 21 heavy (non-hydrogen) atoms. The zero-order valence-electron chi connectivity index (χ0n) is 12.3. The van der Waals surface area contributed by atoms with Gasteiger partial charge in [-0.05, 0) is 37.6 Å². The third-order valence-corrected chi connectivity index (χ3v) is 3.66. The Kier molecular flexibility index (Phi) is 3.92. The molecule has 1 aromatic carbocycles. The molecule has 1 aliphatic rings. The summed E-state index contributed by atoms with van der Waals surface area (Å²) in [4.78, 5) is 2.11. The van der Waals surface area contributed by atoms with Crippen LogP contribution >= 0.6 is 0 Å². The van der Waals surface area contributed by atoms with E-state index in [0.717, 1.165) is 17.0 Å². The third kappa shape index (κ3) is 3.42. The van der Waals surface area contributed by atoms with Gasteiger partial charge in [0.05, 0.1) is 12.8 Å². The van der Waals surface area contributed by atoms with Crippen LogP contribution < -0.4 is 4.74 Å². The van der Waals surface area contributed by atoms with Crippen LogP contribution in [0, 0.1) is 5.82 Å². The van der Waals surface area contributed by atoms with Crippen molar-refractivity contribution in [3.05, 3.63) is 47.1 Å². The van der Waals surface area contributed by atoms with E-state index < -0.39 is 0 Å². The molecular weight excluding hydrogens is 271 g/mol. The van der Waals surface area contributed by atoms with Gasteiger partial charge in [0.25, 0.3) is 0 Å². The van der Waals surface area contributed by atoms with Gasteiger partial charge in [-0.1, -0.05) is 11.2 Å². The zero-order valence-corrected chi connectivity index (χ0v) is 12.3. The second-order valence-electron chi connectivity index (χ2n) is 5.64. The molecule has 0 unspecified atom stereocenters. The fourth-order valence-electron chi connectivity index (χ4n) is 2.41. The smallest absolute Gasteiger partial charge is 0.165 e. The van der Waals surface area contributed by atoms with Gasteiger partial charge in [0.15, 0.2) is 11.6 Å². The molecule has 1 saturated carbocycles. The summed E-state index contributed by atoms with van der Waals surface area (Å²) in [6.07, 6.45) is 2.42. The molecule has 1 fully saturated rings. The maximum Gasteiger partial charge on any atom is 0.165 e. The topological polar surface area (TPSA) is 38.5 Å². The van der Waals surface area contributed by atoms with Crippen molar-refractivity contribution in [2.75, 3.05) is 14.2 Å². The van der Waals surface area contributed by atoms with Crippen molar-refractivity contribution in [3.8, 4) is 5.75 Å². The first-order valence-electron chi connectivity index (χ1n) is 7.12. The van der Waals surface area contributed by atoms with E-state index in [1.54, 1.807) is 12.1 Å².